The number of pyridine rings is 2. The van der Waals surface area contributed by atoms with Gasteiger partial charge in [0.15, 0.2) is 5.82 Å². The third-order valence-electron chi connectivity index (χ3n) is 13.9. The maximum atomic E-state index is 5.53. The van der Waals surface area contributed by atoms with Crippen LogP contribution in [-0.4, -0.2) is 29.1 Å². The number of nitrogens with zero attached hydrogens (tertiary/aromatic N) is 7. The van der Waals surface area contributed by atoms with Crippen LogP contribution in [0.3, 0.4) is 0 Å². The molecule has 12 rings (SSSR count). The first-order chi connectivity index (χ1) is 34.7. The number of hydrogen-bond donors (Lipinski definition) is 0. The number of aromatic nitrogens is 6. The summed E-state index contributed by atoms with van der Waals surface area (Å²) in [5, 5.41) is 2.19. The average Bonchev–Trinajstić information content (AvgIpc) is 3.93. The molecule has 7 heteroatoms. The zero-order valence-electron chi connectivity index (χ0n) is 40.9. The highest BCUT2D eigenvalue weighted by molar-refractivity contribution is 6.12. The van der Waals surface area contributed by atoms with Crippen molar-refractivity contribution >= 4 is 60.9 Å². The highest BCUT2D eigenvalue weighted by Gasteiger charge is 2.30. The number of fused-ring (bicyclic) bond motifs is 6. The molecule has 0 amide bonds. The zero-order chi connectivity index (χ0) is 48.3. The topological polar surface area (TPSA) is 64.7 Å². The van der Waals surface area contributed by atoms with Crippen LogP contribution in [0.5, 0.6) is 0 Å². The third kappa shape index (κ3) is 7.53. The minimum atomic E-state index is 0.474. The van der Waals surface area contributed by atoms with Crippen molar-refractivity contribution in [3.8, 4) is 45.3 Å². The minimum absolute atomic E-state index is 0.474. The fourth-order valence-corrected chi connectivity index (χ4v) is 10.7. The van der Waals surface area contributed by atoms with Crippen LogP contribution >= 0.6 is 0 Å². The van der Waals surface area contributed by atoms with Gasteiger partial charge in [-0.25, -0.2) is 9.97 Å². The molecule has 0 bridgehead atoms. The highest BCUT2D eigenvalue weighted by Crippen LogP contribution is 2.49. The van der Waals surface area contributed by atoms with E-state index in [2.05, 4.69) is 225 Å². The molecule has 0 aliphatic carbocycles. The molecule has 7 nitrogen and oxygen atoms in total. The molecule has 0 atom stereocenters. The molecule has 0 aliphatic rings. The van der Waals surface area contributed by atoms with Gasteiger partial charge in [-0.2, -0.15) is 0 Å². The Morgan fingerprint density at radius 3 is 1.46 bits per heavy atom. The van der Waals surface area contributed by atoms with Crippen LogP contribution in [0.2, 0.25) is 0 Å². The molecule has 5 aromatic heterocycles. The Morgan fingerprint density at radius 1 is 0.437 bits per heavy atom. The van der Waals surface area contributed by atoms with Crippen molar-refractivity contribution in [1.29, 1.82) is 0 Å². The van der Waals surface area contributed by atoms with E-state index in [0.717, 1.165) is 129 Å². The molecule has 0 saturated heterocycles. The van der Waals surface area contributed by atoms with E-state index >= 15 is 0 Å². The van der Waals surface area contributed by atoms with E-state index in [-0.39, 0.29) is 0 Å². The van der Waals surface area contributed by atoms with Gasteiger partial charge in [0, 0.05) is 51.2 Å². The molecule has 344 valence electrons. The first-order valence-corrected chi connectivity index (χ1v) is 24.6. The standard InChI is InChI=1S/C64H53N7/c1-40(2)35-45-21-18-28-50(36-45)69(49-26-14-9-15-27-49)63-55(70-59-41(3)19-16-29-51(59)57-61(70)43(5)31-33-65-57)37-48(38-56(63)71-60-42(4)20-17-30-52(60)58-62(71)44(6)32-34-66-58)54-39-53(46-22-10-7-11-23-46)67-64(68-54)47-24-12-8-13-25-47/h7-34,36-40H,35H2,1-6H3. The maximum Gasteiger partial charge on any atom is 0.160 e. The van der Waals surface area contributed by atoms with E-state index in [1.165, 1.54) is 5.56 Å². The van der Waals surface area contributed by atoms with E-state index in [0.29, 0.717) is 11.7 Å². The van der Waals surface area contributed by atoms with Crippen molar-refractivity contribution in [2.24, 2.45) is 5.92 Å². The first-order valence-electron chi connectivity index (χ1n) is 24.6. The van der Waals surface area contributed by atoms with Crippen LogP contribution in [-0.2, 0) is 6.42 Å². The lowest BCUT2D eigenvalue weighted by molar-refractivity contribution is 0.647. The van der Waals surface area contributed by atoms with E-state index < -0.39 is 0 Å². The predicted octanol–water partition coefficient (Wildman–Crippen LogP) is 16.4. The Labute approximate surface area is 414 Å². The van der Waals surface area contributed by atoms with Crippen molar-refractivity contribution < 1.29 is 0 Å². The Bertz CT molecular complexity index is 3660. The van der Waals surface area contributed by atoms with Gasteiger partial charge in [-0.05, 0) is 122 Å². The minimum Gasteiger partial charge on any atom is -0.307 e. The second-order valence-corrected chi connectivity index (χ2v) is 19.3. The van der Waals surface area contributed by atoms with Gasteiger partial charge in [-0.15, -0.1) is 0 Å². The van der Waals surface area contributed by atoms with Gasteiger partial charge in [-0.3, -0.25) is 9.97 Å². The summed E-state index contributed by atoms with van der Waals surface area (Å²) < 4.78 is 4.98. The number of anilines is 3. The summed E-state index contributed by atoms with van der Waals surface area (Å²) in [5.74, 6) is 1.13. The first kappa shape index (κ1) is 43.6. The van der Waals surface area contributed by atoms with Crippen molar-refractivity contribution in [3.63, 3.8) is 0 Å². The second-order valence-electron chi connectivity index (χ2n) is 19.3. The summed E-state index contributed by atoms with van der Waals surface area (Å²) in [5.41, 5.74) is 21.6. The van der Waals surface area contributed by atoms with Crippen molar-refractivity contribution in [2.45, 2.75) is 48.0 Å². The van der Waals surface area contributed by atoms with E-state index in [9.17, 15) is 0 Å². The average molecular weight is 920 g/mol. The molecule has 0 fully saturated rings. The molecular weight excluding hydrogens is 867 g/mol. The van der Waals surface area contributed by atoms with Crippen LogP contribution in [0.15, 0.2) is 194 Å². The number of benzene rings is 7. The lowest BCUT2D eigenvalue weighted by Crippen LogP contribution is -2.17. The fourth-order valence-electron chi connectivity index (χ4n) is 10.7. The van der Waals surface area contributed by atoms with Gasteiger partial charge < -0.3 is 14.0 Å². The molecule has 0 radical (unpaired) electrons. The van der Waals surface area contributed by atoms with E-state index in [1.54, 1.807) is 0 Å². The third-order valence-corrected chi connectivity index (χ3v) is 13.9. The number of rotatable bonds is 10. The summed E-state index contributed by atoms with van der Waals surface area (Å²) in [6.07, 6.45) is 4.83. The molecule has 71 heavy (non-hydrogen) atoms. The predicted molar refractivity (Wildman–Crippen MR) is 295 cm³/mol. The molecule has 7 aromatic carbocycles. The fraction of sp³-hybridized carbons (Fsp3) is 0.125. The number of aryl methyl sites for hydroxylation is 4. The highest BCUT2D eigenvalue weighted by atomic mass is 15.2. The largest absolute Gasteiger partial charge is 0.307 e. The molecule has 0 N–H and O–H groups in total. The number of hydrogen-bond acceptors (Lipinski definition) is 5. The monoisotopic (exact) mass is 919 g/mol. The molecule has 0 aliphatic heterocycles. The van der Waals surface area contributed by atoms with Crippen LogP contribution in [0, 0.1) is 33.6 Å². The smallest absolute Gasteiger partial charge is 0.160 e. The van der Waals surface area contributed by atoms with Gasteiger partial charge in [0.2, 0.25) is 0 Å². The molecule has 0 unspecified atom stereocenters. The SMILES string of the molecule is Cc1cccc2c3nccc(C)c3n(-c3cc(-c4cc(-c5ccccc5)nc(-c5ccccc5)n4)cc(-n4c5c(C)cccc5c5nccc(C)c54)c3N(c3ccccc3)c3cccc(CC(C)C)c3)c12. The Morgan fingerprint density at radius 2 is 0.915 bits per heavy atom. The quantitative estimate of drug-likeness (QED) is 0.137. The second kappa shape index (κ2) is 17.7. The van der Waals surface area contributed by atoms with Crippen molar-refractivity contribution in [3.05, 3.63) is 222 Å². The van der Waals surface area contributed by atoms with Gasteiger partial charge >= 0.3 is 0 Å². The summed E-state index contributed by atoms with van der Waals surface area (Å²) in [6.45, 7) is 13.4. The summed E-state index contributed by atoms with van der Waals surface area (Å²) in [4.78, 5) is 23.6. The molecule has 12 aromatic rings. The van der Waals surface area contributed by atoms with Crippen LogP contribution in [0.1, 0.15) is 41.7 Å². The molecule has 5 heterocycles. The zero-order valence-corrected chi connectivity index (χ0v) is 40.9. The van der Waals surface area contributed by atoms with Crippen LogP contribution in [0.4, 0.5) is 17.1 Å². The summed E-state index contributed by atoms with van der Waals surface area (Å²) >= 11 is 0. The van der Waals surface area contributed by atoms with Gasteiger partial charge in [-0.1, -0.05) is 141 Å². The number of para-hydroxylation sites is 3. The lowest BCUT2D eigenvalue weighted by atomic mass is 10.00. The van der Waals surface area contributed by atoms with Crippen molar-refractivity contribution in [1.82, 2.24) is 29.1 Å². The van der Waals surface area contributed by atoms with E-state index in [1.807, 2.05) is 24.5 Å². The Kier molecular flexibility index (Phi) is 10.9. The van der Waals surface area contributed by atoms with Gasteiger partial charge in [0.1, 0.15) is 0 Å². The summed E-state index contributed by atoms with van der Waals surface area (Å²) in [7, 11) is 0. The lowest BCUT2D eigenvalue weighted by Gasteiger charge is -2.32. The van der Waals surface area contributed by atoms with Crippen molar-refractivity contribution in [2.75, 3.05) is 4.90 Å². The van der Waals surface area contributed by atoms with Crippen LogP contribution < -0.4 is 4.90 Å². The Hall–Kier alpha value is -8.68. The normalized spacial score (nSPS) is 11.7. The van der Waals surface area contributed by atoms with Crippen LogP contribution in [0.25, 0.3) is 89.2 Å². The Balaban J connectivity index is 1.33. The summed E-state index contributed by atoms with van der Waals surface area (Å²) in [6, 6.07) is 65.0. The molecule has 0 spiro atoms. The maximum absolute atomic E-state index is 5.53. The van der Waals surface area contributed by atoms with Gasteiger partial charge in [0.05, 0.1) is 61.6 Å². The van der Waals surface area contributed by atoms with Gasteiger partial charge in [0.25, 0.3) is 0 Å². The van der Waals surface area contributed by atoms with E-state index in [4.69, 9.17) is 19.9 Å². The molecular formula is C64H53N7. The molecule has 0 saturated carbocycles.